The van der Waals surface area contributed by atoms with E-state index in [1.807, 2.05) is 0 Å². The van der Waals surface area contributed by atoms with Crippen LogP contribution in [-0.4, -0.2) is 36.8 Å². The normalized spacial score (nSPS) is 12.1. The number of pyridine rings is 1. The number of aromatic carboxylic acids is 1. The topological polar surface area (TPSA) is 96.4 Å². The molecule has 0 saturated heterocycles. The van der Waals surface area contributed by atoms with E-state index < -0.39 is 27.7 Å². The summed E-state index contributed by atoms with van der Waals surface area (Å²) >= 11 is 1.09. The molecule has 2 rings (SSSR count). The van der Waals surface area contributed by atoms with Gasteiger partial charge in [0.15, 0.2) is 0 Å². The van der Waals surface area contributed by atoms with E-state index in [0.717, 1.165) is 23.9 Å². The number of alkyl halides is 3. The summed E-state index contributed by atoms with van der Waals surface area (Å²) in [5.74, 6) is -0.997. The highest BCUT2D eigenvalue weighted by Gasteiger charge is 2.30. The Kier molecular flexibility index (Phi) is 6.50. The lowest BCUT2D eigenvalue weighted by Gasteiger charge is -2.09. The molecule has 1 aromatic carbocycles. The summed E-state index contributed by atoms with van der Waals surface area (Å²) in [4.78, 5) is 14.6. The first-order valence-electron chi connectivity index (χ1n) is 7.50. The Hall–Kier alpha value is -2.11. The highest BCUT2D eigenvalue weighted by atomic mass is 32.2. The molecule has 0 amide bonds. The van der Waals surface area contributed by atoms with E-state index in [9.17, 15) is 26.4 Å². The number of carbonyl (C=O) groups is 1. The summed E-state index contributed by atoms with van der Waals surface area (Å²) in [6.07, 6.45) is -3.75. The van der Waals surface area contributed by atoms with E-state index in [1.165, 1.54) is 18.2 Å². The van der Waals surface area contributed by atoms with Crippen molar-refractivity contribution in [3.63, 3.8) is 0 Å². The molecule has 0 saturated carbocycles. The molecule has 2 N–H and O–H groups in total. The smallest absolute Gasteiger partial charge is 0.417 e. The van der Waals surface area contributed by atoms with Crippen LogP contribution in [0, 0.1) is 6.92 Å². The summed E-state index contributed by atoms with van der Waals surface area (Å²) in [7, 11) is -3.91. The van der Waals surface area contributed by atoms with Gasteiger partial charge in [-0.25, -0.2) is 22.9 Å². The van der Waals surface area contributed by atoms with Gasteiger partial charge in [-0.3, -0.25) is 0 Å². The molecule has 0 fully saturated rings. The number of sulfonamides is 1. The van der Waals surface area contributed by atoms with E-state index in [1.54, 1.807) is 6.92 Å². The molecular formula is C16H17F3N2O4S2. The molecule has 1 heterocycles. The summed E-state index contributed by atoms with van der Waals surface area (Å²) < 4.78 is 64.2. The number of carboxylic acids is 1. The molecule has 27 heavy (non-hydrogen) atoms. The van der Waals surface area contributed by atoms with Crippen LogP contribution < -0.4 is 4.72 Å². The monoisotopic (exact) mass is 422 g/mol. The molecule has 0 atom stereocenters. The number of aromatic nitrogens is 1. The van der Waals surface area contributed by atoms with Crippen molar-refractivity contribution in [2.45, 2.75) is 23.0 Å². The third kappa shape index (κ3) is 5.68. The second-order valence-electron chi connectivity index (χ2n) is 5.41. The van der Waals surface area contributed by atoms with Gasteiger partial charge in [0.05, 0.1) is 21.0 Å². The van der Waals surface area contributed by atoms with Crippen LogP contribution in [0.4, 0.5) is 13.2 Å². The van der Waals surface area contributed by atoms with E-state index in [4.69, 9.17) is 5.11 Å². The Labute approximate surface area is 159 Å². The second-order valence-corrected chi connectivity index (χ2v) is 8.29. The Morgan fingerprint density at radius 2 is 2.00 bits per heavy atom. The third-order valence-corrected chi connectivity index (χ3v) is 5.86. The largest absolute Gasteiger partial charge is 0.478 e. The number of thioether (sulfide) groups is 1. The van der Waals surface area contributed by atoms with Crippen molar-refractivity contribution in [1.29, 1.82) is 0 Å². The van der Waals surface area contributed by atoms with E-state index >= 15 is 0 Å². The van der Waals surface area contributed by atoms with Gasteiger partial charge in [0.1, 0.15) is 0 Å². The first-order valence-corrected chi connectivity index (χ1v) is 9.97. The number of carboxylic acid groups (broad SMARTS) is 1. The SMILES string of the molecule is Cc1ccc(S(=O)(=O)NCCSc2ccc(C(F)(F)F)cn2)cc1C(=O)O.[HH]. The minimum Gasteiger partial charge on any atom is -0.478 e. The van der Waals surface area contributed by atoms with Crippen LogP contribution >= 0.6 is 11.8 Å². The van der Waals surface area contributed by atoms with Gasteiger partial charge in [0.25, 0.3) is 0 Å². The molecule has 0 bridgehead atoms. The number of nitrogens with one attached hydrogen (secondary N) is 1. The predicted molar refractivity (Wildman–Crippen MR) is 95.4 cm³/mol. The lowest BCUT2D eigenvalue weighted by Crippen LogP contribution is -2.26. The molecule has 0 spiro atoms. The van der Waals surface area contributed by atoms with Crippen LogP contribution in [0.25, 0.3) is 0 Å². The van der Waals surface area contributed by atoms with Crippen molar-refractivity contribution in [2.75, 3.05) is 12.3 Å². The van der Waals surface area contributed by atoms with Gasteiger partial charge in [-0.1, -0.05) is 6.07 Å². The Morgan fingerprint density at radius 3 is 2.56 bits per heavy atom. The van der Waals surface area contributed by atoms with Crippen LogP contribution in [0.2, 0.25) is 0 Å². The summed E-state index contributed by atoms with van der Waals surface area (Å²) in [5, 5.41) is 9.39. The van der Waals surface area contributed by atoms with Crippen LogP contribution in [0.3, 0.4) is 0 Å². The number of nitrogens with zero attached hydrogens (tertiary/aromatic N) is 1. The fourth-order valence-corrected chi connectivity index (χ4v) is 3.94. The molecule has 0 aliphatic rings. The minimum absolute atomic E-state index is 0. The van der Waals surface area contributed by atoms with Crippen LogP contribution in [0.15, 0.2) is 46.5 Å². The Balaban J connectivity index is 0.00000392. The molecule has 148 valence electrons. The van der Waals surface area contributed by atoms with Crippen molar-refractivity contribution < 1.29 is 32.9 Å². The molecule has 2 aromatic rings. The van der Waals surface area contributed by atoms with Crippen molar-refractivity contribution >= 4 is 27.8 Å². The molecule has 0 aliphatic heterocycles. The van der Waals surface area contributed by atoms with Crippen molar-refractivity contribution in [3.05, 3.63) is 53.2 Å². The van der Waals surface area contributed by atoms with Crippen LogP contribution in [0.1, 0.15) is 22.9 Å². The molecule has 6 nitrogen and oxygen atoms in total. The van der Waals surface area contributed by atoms with Crippen molar-refractivity contribution in [2.24, 2.45) is 0 Å². The maximum Gasteiger partial charge on any atom is 0.417 e. The van der Waals surface area contributed by atoms with Gasteiger partial charge in [0.2, 0.25) is 10.0 Å². The zero-order valence-electron chi connectivity index (χ0n) is 13.9. The Morgan fingerprint density at radius 1 is 1.30 bits per heavy atom. The Bertz CT molecular complexity index is 936. The third-order valence-electron chi connectivity index (χ3n) is 3.46. The number of hydrogen-bond donors (Lipinski definition) is 2. The molecule has 0 aliphatic carbocycles. The van der Waals surface area contributed by atoms with E-state index in [2.05, 4.69) is 9.71 Å². The molecular weight excluding hydrogens is 405 g/mol. The van der Waals surface area contributed by atoms with Crippen LogP contribution in [0.5, 0.6) is 0 Å². The number of rotatable bonds is 7. The highest BCUT2D eigenvalue weighted by molar-refractivity contribution is 7.99. The van der Waals surface area contributed by atoms with Crippen LogP contribution in [-0.2, 0) is 16.2 Å². The molecule has 0 unspecified atom stereocenters. The highest BCUT2D eigenvalue weighted by Crippen LogP contribution is 2.29. The average Bonchev–Trinajstić information content (AvgIpc) is 2.58. The average molecular weight is 422 g/mol. The fourth-order valence-electron chi connectivity index (χ4n) is 2.05. The number of benzene rings is 1. The van der Waals surface area contributed by atoms with Crippen molar-refractivity contribution in [1.82, 2.24) is 9.71 Å². The molecule has 0 radical (unpaired) electrons. The van der Waals surface area contributed by atoms with E-state index in [0.29, 0.717) is 16.8 Å². The van der Waals surface area contributed by atoms with Crippen molar-refractivity contribution in [3.8, 4) is 0 Å². The summed E-state index contributed by atoms with van der Waals surface area (Å²) in [5.41, 5.74) is -0.534. The lowest BCUT2D eigenvalue weighted by molar-refractivity contribution is -0.137. The van der Waals surface area contributed by atoms with E-state index in [-0.39, 0.29) is 24.2 Å². The quantitative estimate of drug-likeness (QED) is 0.524. The zero-order valence-corrected chi connectivity index (χ0v) is 15.6. The standard InChI is InChI=1S/C16H15F3N2O4S2.H2/c1-10-2-4-12(8-13(10)15(22)23)27(24,25)21-6-7-26-14-5-3-11(9-20-14)16(17,18)19;/h2-5,8-9,21H,6-7H2,1H3,(H,22,23);1H. The van der Waals surface area contributed by atoms with Gasteiger partial charge in [-0.15, -0.1) is 11.8 Å². The second kappa shape index (κ2) is 8.28. The molecule has 11 heteroatoms. The first-order chi connectivity index (χ1) is 12.5. The van der Waals surface area contributed by atoms with Gasteiger partial charge >= 0.3 is 12.1 Å². The fraction of sp³-hybridized carbons (Fsp3) is 0.250. The summed E-state index contributed by atoms with van der Waals surface area (Å²) in [6.45, 7) is 1.55. The van der Waals surface area contributed by atoms with Gasteiger partial charge in [-0.05, 0) is 36.8 Å². The van der Waals surface area contributed by atoms with Gasteiger partial charge in [-0.2, -0.15) is 13.2 Å². The number of hydrogen-bond acceptors (Lipinski definition) is 5. The summed E-state index contributed by atoms with van der Waals surface area (Å²) in [6, 6.07) is 5.89. The molecule has 1 aromatic heterocycles. The number of aryl methyl sites for hydroxylation is 1. The maximum atomic E-state index is 12.5. The maximum absolute atomic E-state index is 12.5. The predicted octanol–water partition coefficient (Wildman–Crippen LogP) is 3.42. The van der Waals surface area contributed by atoms with Gasteiger partial charge < -0.3 is 5.11 Å². The lowest BCUT2D eigenvalue weighted by atomic mass is 10.1. The van der Waals surface area contributed by atoms with Gasteiger partial charge in [0, 0.05) is 19.9 Å². The zero-order chi connectivity index (χ0) is 20.2. The number of halogens is 3. The minimum atomic E-state index is -4.46. The first kappa shape index (κ1) is 21.2.